The summed E-state index contributed by atoms with van der Waals surface area (Å²) in [4.78, 5) is 25.5. The van der Waals surface area contributed by atoms with E-state index in [-0.39, 0.29) is 0 Å². The van der Waals surface area contributed by atoms with Crippen molar-refractivity contribution in [3.63, 3.8) is 0 Å². The Bertz CT molecular complexity index is 797. The number of dihydropyridines is 1. The number of esters is 2. The maximum atomic E-state index is 13.0. The smallest absolute Gasteiger partial charge is 0.337 e. The molecule has 1 aromatic carbocycles. The molecule has 0 spiro atoms. The highest BCUT2D eigenvalue weighted by atomic mass is 16.6. The highest BCUT2D eigenvalue weighted by Crippen LogP contribution is 2.40. The van der Waals surface area contributed by atoms with Gasteiger partial charge < -0.3 is 19.5 Å². The van der Waals surface area contributed by atoms with Gasteiger partial charge in [-0.05, 0) is 52.3 Å². The largest absolute Gasteiger partial charge is 0.497 e. The van der Waals surface area contributed by atoms with Gasteiger partial charge in [0.15, 0.2) is 0 Å². The monoisotopic (exact) mass is 373 g/mol. The number of benzene rings is 1. The fourth-order valence-electron chi connectivity index (χ4n) is 3.11. The van der Waals surface area contributed by atoms with Gasteiger partial charge in [-0.1, -0.05) is 12.1 Å². The summed E-state index contributed by atoms with van der Waals surface area (Å²) in [5.41, 5.74) is 2.19. The van der Waals surface area contributed by atoms with E-state index in [9.17, 15) is 9.59 Å². The van der Waals surface area contributed by atoms with E-state index >= 15 is 0 Å². The number of nitrogens with one attached hydrogen (secondary N) is 1. The van der Waals surface area contributed by atoms with Crippen molar-refractivity contribution in [2.24, 2.45) is 0 Å². The second-order valence-electron chi connectivity index (χ2n) is 7.40. The molecule has 0 saturated carbocycles. The molecule has 0 bridgehead atoms. The van der Waals surface area contributed by atoms with Crippen molar-refractivity contribution in [1.82, 2.24) is 5.32 Å². The molecule has 0 saturated heterocycles. The predicted molar refractivity (Wildman–Crippen MR) is 102 cm³/mol. The molecule has 27 heavy (non-hydrogen) atoms. The third-order valence-corrected chi connectivity index (χ3v) is 4.23. The van der Waals surface area contributed by atoms with Crippen LogP contribution in [-0.4, -0.2) is 31.8 Å². The van der Waals surface area contributed by atoms with Crippen LogP contribution in [0.1, 0.15) is 46.1 Å². The third kappa shape index (κ3) is 4.51. The zero-order valence-electron chi connectivity index (χ0n) is 16.9. The molecule has 0 aliphatic carbocycles. The van der Waals surface area contributed by atoms with Crippen molar-refractivity contribution >= 4 is 11.9 Å². The lowest BCUT2D eigenvalue weighted by atomic mass is 9.80. The van der Waals surface area contributed by atoms with Crippen molar-refractivity contribution in [2.75, 3.05) is 14.2 Å². The first-order chi connectivity index (χ1) is 12.6. The topological polar surface area (TPSA) is 73.9 Å². The van der Waals surface area contributed by atoms with E-state index in [1.165, 1.54) is 7.11 Å². The standard InChI is InChI=1S/C21H27NO5/c1-12-16(19(23)26-7)18(14-8-10-15(25-6)11-9-14)17(13(2)22-12)20(24)27-21(3,4)5/h8-11,18,22H,1-7H3. The molecule has 1 aromatic rings. The van der Waals surface area contributed by atoms with Crippen LogP contribution < -0.4 is 10.1 Å². The van der Waals surface area contributed by atoms with Crippen LogP contribution in [-0.2, 0) is 19.1 Å². The van der Waals surface area contributed by atoms with Gasteiger partial charge in [-0.15, -0.1) is 0 Å². The molecule has 0 fully saturated rings. The van der Waals surface area contributed by atoms with Crippen LogP contribution in [0, 0.1) is 0 Å². The average Bonchev–Trinajstić information content (AvgIpc) is 2.59. The minimum atomic E-state index is -0.656. The SMILES string of the molecule is COC(=O)C1=C(C)NC(C)=C(C(=O)OC(C)(C)C)C1c1ccc(OC)cc1. The van der Waals surface area contributed by atoms with Gasteiger partial charge in [0.25, 0.3) is 0 Å². The maximum Gasteiger partial charge on any atom is 0.337 e. The van der Waals surface area contributed by atoms with Crippen LogP contribution in [0.3, 0.4) is 0 Å². The lowest BCUT2D eigenvalue weighted by Crippen LogP contribution is -2.34. The molecule has 1 N–H and O–H groups in total. The summed E-state index contributed by atoms with van der Waals surface area (Å²) in [7, 11) is 2.91. The van der Waals surface area contributed by atoms with E-state index in [1.54, 1.807) is 33.1 Å². The second kappa shape index (κ2) is 7.86. The van der Waals surface area contributed by atoms with E-state index in [1.807, 2.05) is 32.9 Å². The minimum absolute atomic E-state index is 0.383. The van der Waals surface area contributed by atoms with Crippen LogP contribution in [0.5, 0.6) is 5.75 Å². The summed E-state index contributed by atoms with van der Waals surface area (Å²) in [5, 5.41) is 3.12. The molecule has 1 heterocycles. The summed E-state index contributed by atoms with van der Waals surface area (Å²) >= 11 is 0. The van der Waals surface area contributed by atoms with E-state index in [0.29, 0.717) is 28.3 Å². The number of allylic oxidation sites excluding steroid dienone is 2. The highest BCUT2D eigenvalue weighted by Gasteiger charge is 2.38. The molecule has 0 aromatic heterocycles. The first-order valence-electron chi connectivity index (χ1n) is 8.73. The van der Waals surface area contributed by atoms with Crippen molar-refractivity contribution < 1.29 is 23.8 Å². The first-order valence-corrected chi connectivity index (χ1v) is 8.73. The molecule has 1 unspecified atom stereocenters. The Morgan fingerprint density at radius 2 is 1.44 bits per heavy atom. The quantitative estimate of drug-likeness (QED) is 0.815. The highest BCUT2D eigenvalue weighted by molar-refractivity contribution is 6.00. The molecule has 6 nitrogen and oxygen atoms in total. The Morgan fingerprint density at radius 3 is 1.89 bits per heavy atom. The summed E-state index contributed by atoms with van der Waals surface area (Å²) in [6.07, 6.45) is 0. The van der Waals surface area contributed by atoms with Crippen molar-refractivity contribution in [3.8, 4) is 5.75 Å². The summed E-state index contributed by atoms with van der Waals surface area (Å²) < 4.78 is 15.8. The van der Waals surface area contributed by atoms with Gasteiger partial charge in [0.05, 0.1) is 31.3 Å². The number of hydrogen-bond donors (Lipinski definition) is 1. The predicted octanol–water partition coefficient (Wildman–Crippen LogP) is 3.44. The van der Waals surface area contributed by atoms with E-state index in [2.05, 4.69) is 5.32 Å². The number of carbonyl (C=O) groups excluding carboxylic acids is 2. The third-order valence-electron chi connectivity index (χ3n) is 4.23. The lowest BCUT2D eigenvalue weighted by molar-refractivity contribution is -0.150. The Labute approximate surface area is 160 Å². The molecule has 1 aliphatic rings. The van der Waals surface area contributed by atoms with Gasteiger partial charge in [-0.3, -0.25) is 0 Å². The first kappa shape index (κ1) is 20.6. The maximum absolute atomic E-state index is 13.0. The van der Waals surface area contributed by atoms with Gasteiger partial charge in [0.2, 0.25) is 0 Å². The number of methoxy groups -OCH3 is 2. The zero-order valence-corrected chi connectivity index (χ0v) is 16.9. The molecule has 0 radical (unpaired) electrons. The van der Waals surface area contributed by atoms with Crippen LogP contribution >= 0.6 is 0 Å². The van der Waals surface area contributed by atoms with Gasteiger partial charge in [-0.2, -0.15) is 0 Å². The molecule has 2 rings (SSSR count). The van der Waals surface area contributed by atoms with Crippen LogP contribution in [0.15, 0.2) is 46.8 Å². The van der Waals surface area contributed by atoms with Gasteiger partial charge in [-0.25, -0.2) is 9.59 Å². The summed E-state index contributed by atoms with van der Waals surface area (Å²) in [6, 6.07) is 7.26. The van der Waals surface area contributed by atoms with Crippen LogP contribution in [0.4, 0.5) is 0 Å². The minimum Gasteiger partial charge on any atom is -0.497 e. The van der Waals surface area contributed by atoms with Crippen molar-refractivity contribution in [1.29, 1.82) is 0 Å². The average molecular weight is 373 g/mol. The molecule has 6 heteroatoms. The summed E-state index contributed by atoms with van der Waals surface area (Å²) in [5.74, 6) is -0.872. The molecule has 1 atom stereocenters. The van der Waals surface area contributed by atoms with E-state index in [4.69, 9.17) is 14.2 Å². The zero-order chi connectivity index (χ0) is 20.4. The fraction of sp³-hybridized carbons (Fsp3) is 0.429. The van der Waals surface area contributed by atoms with Gasteiger partial charge >= 0.3 is 11.9 Å². The van der Waals surface area contributed by atoms with E-state index in [0.717, 1.165) is 5.56 Å². The number of hydrogen-bond acceptors (Lipinski definition) is 6. The molecule has 1 aliphatic heterocycles. The van der Waals surface area contributed by atoms with Gasteiger partial charge in [0.1, 0.15) is 11.4 Å². The molecule has 146 valence electrons. The Balaban J connectivity index is 2.62. The van der Waals surface area contributed by atoms with Gasteiger partial charge in [0, 0.05) is 11.4 Å². The molecular formula is C21H27NO5. The summed E-state index contributed by atoms with van der Waals surface area (Å²) in [6.45, 7) is 9.01. The van der Waals surface area contributed by atoms with Crippen LogP contribution in [0.25, 0.3) is 0 Å². The fourth-order valence-corrected chi connectivity index (χ4v) is 3.11. The second-order valence-corrected chi connectivity index (χ2v) is 7.40. The number of ether oxygens (including phenoxy) is 3. The molecule has 0 amide bonds. The van der Waals surface area contributed by atoms with Crippen molar-refractivity contribution in [2.45, 2.75) is 46.1 Å². The number of rotatable bonds is 4. The lowest BCUT2D eigenvalue weighted by Gasteiger charge is -2.32. The number of carbonyl (C=O) groups is 2. The Kier molecular flexibility index (Phi) is 5.98. The Hall–Kier alpha value is -2.76. The van der Waals surface area contributed by atoms with Crippen molar-refractivity contribution in [3.05, 3.63) is 52.4 Å². The van der Waals surface area contributed by atoms with E-state index < -0.39 is 23.5 Å². The Morgan fingerprint density at radius 1 is 0.926 bits per heavy atom. The van der Waals surface area contributed by atoms with Crippen LogP contribution in [0.2, 0.25) is 0 Å². The normalized spacial score (nSPS) is 17.4. The molecular weight excluding hydrogens is 346 g/mol.